The molecule has 184 valence electrons. The van der Waals surface area contributed by atoms with Gasteiger partial charge in [-0.05, 0) is 120 Å². The minimum absolute atomic E-state index is 0.0340. The Morgan fingerprint density at radius 2 is 1.22 bits per heavy atom. The zero-order valence-electron chi connectivity index (χ0n) is 22.4. The molecule has 0 radical (unpaired) electrons. The average Bonchev–Trinajstić information content (AvgIpc) is 2.71. The molecule has 2 heteroatoms. The first-order valence-corrected chi connectivity index (χ1v) is 14.0. The van der Waals surface area contributed by atoms with Crippen LogP contribution in [0.4, 0.5) is 0 Å². The first-order valence-electron chi connectivity index (χ1n) is 14.0. The van der Waals surface area contributed by atoms with Crippen molar-refractivity contribution in [2.24, 2.45) is 56.2 Å². The Balaban J connectivity index is 1.56. The summed E-state index contributed by atoms with van der Waals surface area (Å²) < 4.78 is 0. The van der Waals surface area contributed by atoms with Gasteiger partial charge in [-0.25, -0.2) is 0 Å². The van der Waals surface area contributed by atoms with Crippen molar-refractivity contribution in [1.82, 2.24) is 0 Å². The summed E-state index contributed by atoms with van der Waals surface area (Å²) in [4.78, 5) is 0. The molecular formula is C30H52O2. The van der Waals surface area contributed by atoms with Crippen molar-refractivity contribution in [3.05, 3.63) is 0 Å². The van der Waals surface area contributed by atoms with Crippen LogP contribution >= 0.6 is 0 Å². The Morgan fingerprint density at radius 1 is 0.594 bits per heavy atom. The summed E-state index contributed by atoms with van der Waals surface area (Å²) in [5, 5.41) is 22.6. The average molecular weight is 445 g/mol. The second-order valence-electron chi connectivity index (χ2n) is 15.5. The van der Waals surface area contributed by atoms with E-state index in [-0.39, 0.29) is 28.5 Å². The fourth-order valence-electron chi connectivity index (χ4n) is 11.5. The maximum atomic E-state index is 11.8. The Labute approximate surface area is 198 Å². The number of aliphatic hydroxyl groups excluding tert-OH is 2. The molecule has 0 bridgehead atoms. The summed E-state index contributed by atoms with van der Waals surface area (Å²) in [6, 6.07) is 0. The van der Waals surface area contributed by atoms with Crippen molar-refractivity contribution >= 4 is 0 Å². The smallest absolute Gasteiger partial charge is 0.0629 e. The molecule has 0 saturated heterocycles. The van der Waals surface area contributed by atoms with Crippen molar-refractivity contribution in [3.63, 3.8) is 0 Å². The Morgan fingerprint density at radius 3 is 1.91 bits per heavy atom. The molecule has 32 heavy (non-hydrogen) atoms. The standard InChI is InChI=1S/C30H52O2/c1-19-20(31)9-10-21-27(19,5)12-11-22-28(21,6)16-18-30(8)23-24(32)25(2,3)13-14-26(23,4)15-17-29(22,30)7/h19-24,31-32H,9-18H2,1-8H3/t19-,20+,21+,22-,23+,24-,26+,27+,28-,29+,30-/m0/s1. The highest BCUT2D eigenvalue weighted by molar-refractivity contribution is 5.20. The zero-order valence-corrected chi connectivity index (χ0v) is 22.4. The lowest BCUT2D eigenvalue weighted by Crippen LogP contribution is -2.70. The molecule has 5 aliphatic rings. The van der Waals surface area contributed by atoms with Crippen LogP contribution in [0.15, 0.2) is 0 Å². The van der Waals surface area contributed by atoms with Crippen LogP contribution in [0.2, 0.25) is 0 Å². The monoisotopic (exact) mass is 444 g/mol. The van der Waals surface area contributed by atoms with Gasteiger partial charge in [-0.15, -0.1) is 0 Å². The summed E-state index contributed by atoms with van der Waals surface area (Å²) in [5.74, 6) is 2.31. The summed E-state index contributed by atoms with van der Waals surface area (Å²) in [7, 11) is 0. The highest BCUT2D eigenvalue weighted by Gasteiger charge is 2.72. The third-order valence-electron chi connectivity index (χ3n) is 14.1. The van der Waals surface area contributed by atoms with Gasteiger partial charge in [-0.2, -0.15) is 0 Å². The van der Waals surface area contributed by atoms with Gasteiger partial charge in [0.25, 0.3) is 0 Å². The van der Waals surface area contributed by atoms with Crippen LogP contribution in [0.1, 0.15) is 120 Å². The molecule has 0 aromatic carbocycles. The zero-order chi connectivity index (χ0) is 23.5. The van der Waals surface area contributed by atoms with Crippen LogP contribution in [0.5, 0.6) is 0 Å². The van der Waals surface area contributed by atoms with Crippen molar-refractivity contribution < 1.29 is 10.2 Å². The molecule has 5 fully saturated rings. The van der Waals surface area contributed by atoms with E-state index in [1.54, 1.807) is 0 Å². The molecule has 2 nitrogen and oxygen atoms in total. The fraction of sp³-hybridized carbons (Fsp3) is 1.00. The van der Waals surface area contributed by atoms with Gasteiger partial charge in [0.2, 0.25) is 0 Å². The highest BCUT2D eigenvalue weighted by Crippen LogP contribution is 2.78. The van der Waals surface area contributed by atoms with E-state index in [0.29, 0.717) is 28.1 Å². The van der Waals surface area contributed by atoms with Crippen LogP contribution in [0.25, 0.3) is 0 Å². The van der Waals surface area contributed by atoms with Gasteiger partial charge >= 0.3 is 0 Å². The van der Waals surface area contributed by atoms with E-state index in [1.807, 2.05) is 0 Å². The van der Waals surface area contributed by atoms with E-state index < -0.39 is 0 Å². The molecule has 0 amide bonds. The quantitative estimate of drug-likeness (QED) is 0.414. The van der Waals surface area contributed by atoms with Gasteiger partial charge < -0.3 is 10.2 Å². The van der Waals surface area contributed by atoms with Gasteiger partial charge in [-0.1, -0.05) is 55.4 Å². The van der Waals surface area contributed by atoms with Gasteiger partial charge in [0.05, 0.1) is 12.2 Å². The summed E-state index contributed by atoms with van der Waals surface area (Å²) in [5.41, 5.74) is 1.50. The molecule has 5 saturated carbocycles. The SMILES string of the molecule is C[C@H]1[C@H](O)CC[C@@H]2[C@]1(C)CC[C@H]1[C@@]2(C)CC[C@@]2(C)[C@@H]3[C@H](O)C(C)(C)CC[C@]3(C)CC[C@]12C. The van der Waals surface area contributed by atoms with Crippen molar-refractivity contribution in [3.8, 4) is 0 Å². The van der Waals surface area contributed by atoms with E-state index in [1.165, 1.54) is 51.4 Å². The van der Waals surface area contributed by atoms with Gasteiger partial charge in [0, 0.05) is 0 Å². The van der Waals surface area contributed by atoms with Crippen LogP contribution in [0.3, 0.4) is 0 Å². The lowest BCUT2D eigenvalue weighted by Gasteiger charge is -2.75. The maximum Gasteiger partial charge on any atom is 0.0629 e. The second kappa shape index (κ2) is 6.77. The molecule has 5 rings (SSSR count). The van der Waals surface area contributed by atoms with Crippen LogP contribution < -0.4 is 0 Å². The normalized spacial score (nSPS) is 61.7. The van der Waals surface area contributed by atoms with Crippen LogP contribution in [-0.2, 0) is 0 Å². The molecule has 0 aromatic heterocycles. The highest BCUT2D eigenvalue weighted by atomic mass is 16.3. The maximum absolute atomic E-state index is 11.8. The molecule has 0 heterocycles. The van der Waals surface area contributed by atoms with E-state index in [4.69, 9.17) is 0 Å². The summed E-state index contributed by atoms with van der Waals surface area (Å²) >= 11 is 0. The summed E-state index contributed by atoms with van der Waals surface area (Å²) in [6.07, 6.45) is 12.1. The molecule has 0 aromatic rings. The van der Waals surface area contributed by atoms with Crippen molar-refractivity contribution in [2.45, 2.75) is 132 Å². The Kier molecular flexibility index (Phi) is 5.01. The molecular weight excluding hydrogens is 392 g/mol. The first kappa shape index (κ1) is 23.7. The van der Waals surface area contributed by atoms with E-state index >= 15 is 0 Å². The second-order valence-corrected chi connectivity index (χ2v) is 15.5. The number of rotatable bonds is 0. The van der Waals surface area contributed by atoms with E-state index in [0.717, 1.165) is 24.7 Å². The van der Waals surface area contributed by atoms with Gasteiger partial charge in [-0.3, -0.25) is 0 Å². The molecule has 0 aliphatic heterocycles. The third-order valence-corrected chi connectivity index (χ3v) is 14.1. The minimum atomic E-state index is -0.186. The Bertz CT molecular complexity index is 775. The molecule has 5 aliphatic carbocycles. The lowest BCUT2D eigenvalue weighted by atomic mass is 9.30. The predicted molar refractivity (Wildman–Crippen MR) is 132 cm³/mol. The number of fused-ring (bicyclic) bond motifs is 7. The molecule has 0 spiro atoms. The Hall–Kier alpha value is -0.0800. The number of hydrogen-bond donors (Lipinski definition) is 2. The summed E-state index contributed by atoms with van der Waals surface area (Å²) in [6.45, 7) is 19.9. The molecule has 0 unspecified atom stereocenters. The largest absolute Gasteiger partial charge is 0.393 e. The predicted octanol–water partition coefficient (Wildman–Crippen LogP) is 7.22. The van der Waals surface area contributed by atoms with E-state index in [2.05, 4.69) is 55.4 Å². The van der Waals surface area contributed by atoms with Gasteiger partial charge in [0.1, 0.15) is 0 Å². The van der Waals surface area contributed by atoms with Crippen LogP contribution in [0, 0.1) is 56.2 Å². The number of aliphatic hydroxyl groups is 2. The molecule has 11 atom stereocenters. The van der Waals surface area contributed by atoms with Crippen molar-refractivity contribution in [1.29, 1.82) is 0 Å². The van der Waals surface area contributed by atoms with Crippen molar-refractivity contribution in [2.75, 3.05) is 0 Å². The third kappa shape index (κ3) is 2.66. The minimum Gasteiger partial charge on any atom is -0.393 e. The van der Waals surface area contributed by atoms with E-state index in [9.17, 15) is 10.2 Å². The topological polar surface area (TPSA) is 40.5 Å². The lowest BCUT2D eigenvalue weighted by molar-refractivity contribution is -0.282. The molecule has 2 N–H and O–H groups in total. The first-order chi connectivity index (χ1) is 14.7. The van der Waals surface area contributed by atoms with Gasteiger partial charge in [0.15, 0.2) is 0 Å². The van der Waals surface area contributed by atoms with Crippen LogP contribution in [-0.4, -0.2) is 22.4 Å². The fourth-order valence-corrected chi connectivity index (χ4v) is 11.5. The number of hydrogen-bond acceptors (Lipinski definition) is 2.